The SMILES string of the molecule is CCC1=C2CCCN2[I-]C(C)=C1. The Labute approximate surface area is 85.1 Å². The van der Waals surface area contributed by atoms with E-state index in [0.717, 1.165) is 0 Å². The average molecular weight is 276 g/mol. The zero-order valence-electron chi connectivity index (χ0n) is 7.73. The molecule has 2 heteroatoms. The van der Waals surface area contributed by atoms with Crippen LogP contribution in [0.25, 0.3) is 0 Å². The first-order valence-electron chi connectivity index (χ1n) is 4.64. The van der Waals surface area contributed by atoms with Crippen molar-refractivity contribution < 1.29 is 21.5 Å². The van der Waals surface area contributed by atoms with E-state index in [4.69, 9.17) is 0 Å². The van der Waals surface area contributed by atoms with E-state index in [0.29, 0.717) is 0 Å². The Kier molecular flexibility index (Phi) is 2.44. The molecule has 2 heterocycles. The fourth-order valence-corrected chi connectivity index (χ4v) is 4.72. The minimum atomic E-state index is 0.212. The van der Waals surface area contributed by atoms with Crippen LogP contribution in [0.1, 0.15) is 33.1 Å². The van der Waals surface area contributed by atoms with Crippen LogP contribution < -0.4 is 21.5 Å². The normalized spacial score (nSPS) is 23.5. The molecule has 0 aliphatic carbocycles. The first-order chi connectivity index (χ1) is 5.81. The number of halogens is 1. The second kappa shape index (κ2) is 3.40. The van der Waals surface area contributed by atoms with Crippen molar-refractivity contribution in [2.75, 3.05) is 6.54 Å². The van der Waals surface area contributed by atoms with Crippen LogP contribution in [0.5, 0.6) is 0 Å². The van der Waals surface area contributed by atoms with E-state index in [9.17, 15) is 0 Å². The van der Waals surface area contributed by atoms with Gasteiger partial charge in [0.1, 0.15) is 0 Å². The summed E-state index contributed by atoms with van der Waals surface area (Å²) in [5.41, 5.74) is 3.28. The molecule has 0 bridgehead atoms. The Bertz CT molecular complexity index is 253. The molecule has 0 radical (unpaired) electrons. The third-order valence-electron chi connectivity index (χ3n) is 2.42. The van der Waals surface area contributed by atoms with Crippen molar-refractivity contribution in [3.63, 3.8) is 0 Å². The summed E-state index contributed by atoms with van der Waals surface area (Å²) in [5, 5.41) is 0. The third kappa shape index (κ3) is 1.41. The van der Waals surface area contributed by atoms with Gasteiger partial charge in [0, 0.05) is 0 Å². The van der Waals surface area contributed by atoms with Gasteiger partial charge in [-0.1, -0.05) is 0 Å². The number of hydrogen-bond acceptors (Lipinski definition) is 1. The second-order valence-corrected chi connectivity index (χ2v) is 6.68. The summed E-state index contributed by atoms with van der Waals surface area (Å²) in [6.45, 7) is 5.89. The molecule has 0 spiro atoms. The summed E-state index contributed by atoms with van der Waals surface area (Å²) in [5.74, 6) is 0. The average Bonchev–Trinajstić information content (AvgIpc) is 2.50. The van der Waals surface area contributed by atoms with Crippen LogP contribution in [0.2, 0.25) is 0 Å². The quantitative estimate of drug-likeness (QED) is 0.468. The van der Waals surface area contributed by atoms with Gasteiger partial charge in [0.15, 0.2) is 0 Å². The van der Waals surface area contributed by atoms with E-state index >= 15 is 0 Å². The number of fused-ring (bicyclic) bond motifs is 1. The predicted octanol–water partition coefficient (Wildman–Crippen LogP) is -0.332. The molecule has 0 N–H and O–H groups in total. The molecular weight excluding hydrogens is 261 g/mol. The molecule has 0 atom stereocenters. The Hall–Kier alpha value is 0.01000. The van der Waals surface area contributed by atoms with Gasteiger partial charge in [0.05, 0.1) is 0 Å². The topological polar surface area (TPSA) is 3.24 Å². The zero-order valence-corrected chi connectivity index (χ0v) is 9.89. The molecule has 2 aliphatic heterocycles. The number of rotatable bonds is 1. The van der Waals surface area contributed by atoms with Crippen molar-refractivity contribution in [2.24, 2.45) is 0 Å². The van der Waals surface area contributed by atoms with Gasteiger partial charge in [-0.3, -0.25) is 0 Å². The first-order valence-corrected chi connectivity index (χ1v) is 6.68. The second-order valence-electron chi connectivity index (χ2n) is 3.33. The Balaban J connectivity index is 2.33. The summed E-state index contributed by atoms with van der Waals surface area (Å²) in [4.78, 5) is 0. The van der Waals surface area contributed by atoms with Crippen molar-refractivity contribution in [3.8, 4) is 0 Å². The van der Waals surface area contributed by atoms with Crippen LogP contribution in [0.4, 0.5) is 0 Å². The molecule has 0 aromatic rings. The molecule has 1 nitrogen and oxygen atoms in total. The fraction of sp³-hybridized carbons (Fsp3) is 0.600. The van der Waals surface area contributed by atoms with E-state index in [1.165, 1.54) is 25.8 Å². The molecule has 0 aromatic carbocycles. The maximum absolute atomic E-state index is 2.66. The molecule has 0 aromatic heterocycles. The Morgan fingerprint density at radius 1 is 1.58 bits per heavy atom. The summed E-state index contributed by atoms with van der Waals surface area (Å²) in [6.07, 6.45) is 6.38. The van der Waals surface area contributed by atoms with Gasteiger partial charge in [-0.15, -0.1) is 0 Å². The van der Waals surface area contributed by atoms with Gasteiger partial charge in [0.2, 0.25) is 0 Å². The van der Waals surface area contributed by atoms with Crippen LogP contribution in [0, 0.1) is 0 Å². The molecule has 0 unspecified atom stereocenters. The van der Waals surface area contributed by atoms with Crippen molar-refractivity contribution >= 4 is 0 Å². The number of hydrogen-bond donors (Lipinski definition) is 0. The van der Waals surface area contributed by atoms with Crippen molar-refractivity contribution in [1.29, 1.82) is 0 Å². The Morgan fingerprint density at radius 2 is 2.42 bits per heavy atom. The van der Waals surface area contributed by atoms with Crippen LogP contribution in [0.15, 0.2) is 20.9 Å². The zero-order chi connectivity index (χ0) is 8.55. The first kappa shape index (κ1) is 8.60. The van der Waals surface area contributed by atoms with Crippen LogP contribution in [-0.4, -0.2) is 9.66 Å². The number of nitrogens with zero attached hydrogens (tertiary/aromatic N) is 1. The van der Waals surface area contributed by atoms with E-state index < -0.39 is 0 Å². The number of allylic oxidation sites excluding steroid dienone is 4. The summed E-state index contributed by atoms with van der Waals surface area (Å²) < 4.78 is 4.30. The molecule has 68 valence electrons. The van der Waals surface area contributed by atoms with Crippen molar-refractivity contribution in [3.05, 3.63) is 20.9 Å². The predicted molar refractivity (Wildman–Crippen MR) is 47.0 cm³/mol. The summed E-state index contributed by atoms with van der Waals surface area (Å²) >= 11 is 0.212. The van der Waals surface area contributed by atoms with Crippen molar-refractivity contribution in [1.82, 2.24) is 3.11 Å². The van der Waals surface area contributed by atoms with Gasteiger partial charge >= 0.3 is 85.2 Å². The van der Waals surface area contributed by atoms with Gasteiger partial charge in [-0.25, -0.2) is 0 Å². The third-order valence-corrected chi connectivity index (χ3v) is 5.14. The van der Waals surface area contributed by atoms with E-state index in [-0.39, 0.29) is 21.5 Å². The molecule has 0 amide bonds. The molecule has 0 saturated carbocycles. The minimum absolute atomic E-state index is 0.212. The molecule has 12 heavy (non-hydrogen) atoms. The molecule has 1 fully saturated rings. The van der Waals surface area contributed by atoms with E-state index in [2.05, 4.69) is 23.0 Å². The van der Waals surface area contributed by atoms with Gasteiger partial charge in [-0.2, -0.15) is 0 Å². The molecule has 2 rings (SSSR count). The summed E-state index contributed by atoms with van der Waals surface area (Å²) in [7, 11) is 0. The monoisotopic (exact) mass is 276 g/mol. The summed E-state index contributed by atoms with van der Waals surface area (Å²) in [6, 6.07) is 0. The Morgan fingerprint density at radius 3 is 3.17 bits per heavy atom. The fourth-order valence-electron chi connectivity index (χ4n) is 1.87. The standard InChI is InChI=1S/C10H15IN/c1-3-9-7-8(2)11-12-6-4-5-10(9)12/h7H,3-6H2,1-2H3/q-1. The van der Waals surface area contributed by atoms with E-state index in [1.54, 1.807) is 14.8 Å². The van der Waals surface area contributed by atoms with Gasteiger partial charge in [-0.05, 0) is 0 Å². The van der Waals surface area contributed by atoms with E-state index in [1.807, 2.05) is 0 Å². The molecule has 2 aliphatic rings. The van der Waals surface area contributed by atoms with Crippen LogP contribution >= 0.6 is 0 Å². The van der Waals surface area contributed by atoms with Crippen molar-refractivity contribution in [2.45, 2.75) is 33.1 Å². The molecule has 1 saturated heterocycles. The van der Waals surface area contributed by atoms with Gasteiger partial charge < -0.3 is 0 Å². The molecular formula is C10H15IN-. The van der Waals surface area contributed by atoms with Crippen LogP contribution in [-0.2, 0) is 0 Å². The van der Waals surface area contributed by atoms with Gasteiger partial charge in [0.25, 0.3) is 0 Å². The maximum atomic E-state index is 2.66. The van der Waals surface area contributed by atoms with Crippen LogP contribution in [0.3, 0.4) is 0 Å².